The van der Waals surface area contributed by atoms with Crippen LogP contribution in [-0.2, 0) is 4.74 Å². The summed E-state index contributed by atoms with van der Waals surface area (Å²) in [6, 6.07) is 1.37. The van der Waals surface area contributed by atoms with Gasteiger partial charge in [0, 0.05) is 24.5 Å². The van der Waals surface area contributed by atoms with Crippen molar-refractivity contribution in [3.05, 3.63) is 24.0 Å². The lowest BCUT2D eigenvalue weighted by Gasteiger charge is -2.39. The van der Waals surface area contributed by atoms with Gasteiger partial charge >= 0.3 is 6.09 Å². The molecule has 1 fully saturated rings. The number of carbonyl (C=O) groups is 1. The lowest BCUT2D eigenvalue weighted by Crippen LogP contribution is -2.48. The number of aliphatic hydroxyl groups excluding tert-OH is 1. The molecule has 23 heavy (non-hydrogen) atoms. The number of amides is 1. The van der Waals surface area contributed by atoms with Crippen LogP contribution in [0, 0.1) is 0 Å². The van der Waals surface area contributed by atoms with E-state index in [0.29, 0.717) is 17.9 Å². The molecule has 2 atom stereocenters. The van der Waals surface area contributed by atoms with Crippen molar-refractivity contribution in [1.82, 2.24) is 9.88 Å². The first-order valence-corrected chi connectivity index (χ1v) is 7.99. The number of aliphatic hydroxyl groups is 1. The lowest BCUT2D eigenvalue weighted by atomic mass is 9.93. The number of nitrogens with zero attached hydrogens (tertiary/aromatic N) is 2. The van der Waals surface area contributed by atoms with Crippen LogP contribution >= 0.6 is 0 Å². The van der Waals surface area contributed by atoms with Crippen LogP contribution in [0.3, 0.4) is 0 Å². The van der Waals surface area contributed by atoms with Gasteiger partial charge in [-0.1, -0.05) is 0 Å². The first-order chi connectivity index (χ1) is 10.8. The van der Waals surface area contributed by atoms with Crippen molar-refractivity contribution in [3.63, 3.8) is 0 Å². The van der Waals surface area contributed by atoms with E-state index in [2.05, 4.69) is 4.98 Å². The van der Waals surface area contributed by atoms with E-state index in [1.165, 1.54) is 0 Å². The topological polar surface area (TPSA) is 71.9 Å². The molecule has 0 aliphatic carbocycles. The Morgan fingerprint density at radius 1 is 1.43 bits per heavy atom. The van der Waals surface area contributed by atoms with Gasteiger partial charge < -0.3 is 19.5 Å². The zero-order valence-corrected chi connectivity index (χ0v) is 14.3. The van der Waals surface area contributed by atoms with Crippen LogP contribution in [0.15, 0.2) is 18.5 Å². The normalized spacial score (nSPS) is 20.0. The quantitative estimate of drug-likeness (QED) is 0.926. The molecule has 1 aromatic heterocycles. The molecule has 1 aliphatic heterocycles. The second-order valence-corrected chi connectivity index (χ2v) is 6.80. The highest BCUT2D eigenvalue weighted by molar-refractivity contribution is 5.69. The number of ether oxygens (including phenoxy) is 2. The van der Waals surface area contributed by atoms with E-state index in [9.17, 15) is 9.90 Å². The molecule has 2 heterocycles. The highest BCUT2D eigenvalue weighted by Gasteiger charge is 2.36. The lowest BCUT2D eigenvalue weighted by molar-refractivity contribution is -0.0174. The number of piperidine rings is 1. The van der Waals surface area contributed by atoms with Crippen molar-refractivity contribution in [2.75, 3.05) is 13.7 Å². The molecule has 1 saturated heterocycles. The Kier molecular flexibility index (Phi) is 5.46. The Hall–Kier alpha value is -1.82. The number of rotatable bonds is 3. The summed E-state index contributed by atoms with van der Waals surface area (Å²) in [4.78, 5) is 18.2. The molecule has 1 aromatic rings. The zero-order chi connectivity index (χ0) is 17.0. The van der Waals surface area contributed by atoms with Gasteiger partial charge in [0.1, 0.15) is 17.5 Å². The van der Waals surface area contributed by atoms with Crippen molar-refractivity contribution in [2.45, 2.75) is 57.8 Å². The van der Waals surface area contributed by atoms with Gasteiger partial charge in [0.25, 0.3) is 0 Å². The van der Waals surface area contributed by atoms with Crippen molar-refractivity contribution in [2.24, 2.45) is 0 Å². The van der Waals surface area contributed by atoms with Gasteiger partial charge in [-0.25, -0.2) is 4.79 Å². The SMILES string of the molecule is COc1ccncc1C(O)[C@H]1CCCCN1C(=O)OC(C)(C)C. The summed E-state index contributed by atoms with van der Waals surface area (Å²) in [5.41, 5.74) is 0.0335. The average molecular weight is 322 g/mol. The van der Waals surface area contributed by atoms with Gasteiger partial charge in [-0.05, 0) is 46.1 Å². The molecule has 6 nitrogen and oxygen atoms in total. The van der Waals surface area contributed by atoms with E-state index >= 15 is 0 Å². The molecule has 0 spiro atoms. The number of methoxy groups -OCH3 is 1. The molecule has 0 radical (unpaired) electrons. The summed E-state index contributed by atoms with van der Waals surface area (Å²) in [6.07, 6.45) is 4.55. The monoisotopic (exact) mass is 322 g/mol. The first kappa shape index (κ1) is 17.5. The fourth-order valence-electron chi connectivity index (χ4n) is 2.84. The zero-order valence-electron chi connectivity index (χ0n) is 14.3. The summed E-state index contributed by atoms with van der Waals surface area (Å²) < 4.78 is 10.8. The van der Waals surface area contributed by atoms with Crippen LogP contribution in [0.25, 0.3) is 0 Å². The third-order valence-corrected chi connectivity index (χ3v) is 3.89. The Labute approximate surface area is 137 Å². The number of likely N-dealkylation sites (tertiary alicyclic amines) is 1. The van der Waals surface area contributed by atoms with E-state index in [0.717, 1.165) is 19.3 Å². The maximum atomic E-state index is 12.5. The Morgan fingerprint density at radius 2 is 2.17 bits per heavy atom. The van der Waals surface area contributed by atoms with Gasteiger partial charge in [-0.15, -0.1) is 0 Å². The molecule has 128 valence electrons. The van der Waals surface area contributed by atoms with Gasteiger partial charge in [0.05, 0.1) is 13.2 Å². The number of pyridine rings is 1. The Balaban J connectivity index is 2.22. The minimum Gasteiger partial charge on any atom is -0.496 e. The summed E-state index contributed by atoms with van der Waals surface area (Å²) in [6.45, 7) is 6.10. The van der Waals surface area contributed by atoms with E-state index in [-0.39, 0.29) is 12.1 Å². The van der Waals surface area contributed by atoms with Crippen molar-refractivity contribution < 1.29 is 19.4 Å². The number of aromatic nitrogens is 1. The van der Waals surface area contributed by atoms with Crippen LogP contribution in [0.5, 0.6) is 5.75 Å². The van der Waals surface area contributed by atoms with Gasteiger partial charge in [-0.3, -0.25) is 4.98 Å². The number of hydrogen-bond donors (Lipinski definition) is 1. The third kappa shape index (κ3) is 4.34. The van der Waals surface area contributed by atoms with Crippen molar-refractivity contribution in [3.8, 4) is 5.75 Å². The molecular formula is C17H26N2O4. The fraction of sp³-hybridized carbons (Fsp3) is 0.647. The maximum Gasteiger partial charge on any atom is 0.410 e. The van der Waals surface area contributed by atoms with E-state index in [1.54, 1.807) is 30.5 Å². The molecule has 0 saturated carbocycles. The average Bonchev–Trinajstić information content (AvgIpc) is 2.52. The van der Waals surface area contributed by atoms with Crippen LogP contribution in [0.4, 0.5) is 4.79 Å². The first-order valence-electron chi connectivity index (χ1n) is 7.99. The standard InChI is InChI=1S/C17H26N2O4/c1-17(2,3)23-16(21)19-10-6-5-7-13(19)15(20)12-11-18-9-8-14(12)22-4/h8-9,11,13,15,20H,5-7,10H2,1-4H3/t13-,15?/m1/s1. The molecular weight excluding hydrogens is 296 g/mol. The molecule has 1 N–H and O–H groups in total. The molecule has 2 rings (SSSR count). The number of carbonyl (C=O) groups excluding carboxylic acids is 1. The third-order valence-electron chi connectivity index (χ3n) is 3.89. The van der Waals surface area contributed by atoms with Crippen LogP contribution in [-0.4, -0.2) is 46.4 Å². The fourth-order valence-corrected chi connectivity index (χ4v) is 2.84. The second kappa shape index (κ2) is 7.17. The van der Waals surface area contributed by atoms with E-state index in [4.69, 9.17) is 9.47 Å². The number of hydrogen-bond acceptors (Lipinski definition) is 5. The van der Waals surface area contributed by atoms with Crippen molar-refractivity contribution in [1.29, 1.82) is 0 Å². The van der Waals surface area contributed by atoms with Gasteiger partial charge in [-0.2, -0.15) is 0 Å². The molecule has 1 unspecified atom stereocenters. The minimum atomic E-state index is -0.855. The van der Waals surface area contributed by atoms with Crippen LogP contribution in [0.1, 0.15) is 51.7 Å². The minimum absolute atomic E-state index is 0.336. The second-order valence-electron chi connectivity index (χ2n) is 6.80. The molecule has 1 aliphatic rings. The van der Waals surface area contributed by atoms with E-state index in [1.807, 2.05) is 20.8 Å². The summed E-state index contributed by atoms with van der Waals surface area (Å²) in [5.74, 6) is 0.571. The summed E-state index contributed by atoms with van der Waals surface area (Å²) >= 11 is 0. The van der Waals surface area contributed by atoms with Gasteiger partial charge in [0.2, 0.25) is 0 Å². The van der Waals surface area contributed by atoms with Crippen LogP contribution in [0.2, 0.25) is 0 Å². The molecule has 1 amide bonds. The summed E-state index contributed by atoms with van der Waals surface area (Å²) in [7, 11) is 1.55. The molecule has 0 aromatic carbocycles. The summed E-state index contributed by atoms with van der Waals surface area (Å²) in [5, 5.41) is 10.8. The van der Waals surface area contributed by atoms with Gasteiger partial charge in [0.15, 0.2) is 0 Å². The Bertz CT molecular complexity index is 542. The highest BCUT2D eigenvalue weighted by atomic mass is 16.6. The van der Waals surface area contributed by atoms with E-state index < -0.39 is 11.7 Å². The smallest absolute Gasteiger partial charge is 0.410 e. The Morgan fingerprint density at radius 3 is 2.83 bits per heavy atom. The predicted molar refractivity (Wildman–Crippen MR) is 86.3 cm³/mol. The highest BCUT2D eigenvalue weighted by Crippen LogP contribution is 2.33. The predicted octanol–water partition coefficient (Wildman–Crippen LogP) is 2.91. The molecule has 0 bridgehead atoms. The van der Waals surface area contributed by atoms with Crippen molar-refractivity contribution >= 4 is 6.09 Å². The maximum absolute atomic E-state index is 12.5. The molecule has 6 heteroatoms. The van der Waals surface area contributed by atoms with Crippen LogP contribution < -0.4 is 4.74 Å². The largest absolute Gasteiger partial charge is 0.496 e.